The molecule has 1 aromatic carbocycles. The van der Waals surface area contributed by atoms with Crippen molar-refractivity contribution in [3.8, 4) is 5.75 Å². The van der Waals surface area contributed by atoms with Gasteiger partial charge in [0.1, 0.15) is 11.0 Å². The molecule has 0 spiro atoms. The van der Waals surface area contributed by atoms with Crippen molar-refractivity contribution in [2.24, 2.45) is 0 Å². The second kappa shape index (κ2) is 5.19. The topological polar surface area (TPSA) is 62.2 Å². The summed E-state index contributed by atoms with van der Waals surface area (Å²) < 4.78 is 26.0. The fraction of sp³-hybridized carbons (Fsp3) is 0. The molecule has 1 heterocycles. The molecule has 1 aromatic heterocycles. The van der Waals surface area contributed by atoms with Crippen molar-refractivity contribution in [1.82, 2.24) is 4.98 Å². The van der Waals surface area contributed by atoms with Gasteiger partial charge in [-0.15, -0.1) is 0 Å². The van der Waals surface area contributed by atoms with Crippen LogP contribution in [0.4, 0.5) is 14.5 Å². The number of amides is 1. The lowest BCUT2D eigenvalue weighted by atomic mass is 10.2. The number of halogens is 3. The second-order valence-electron chi connectivity index (χ2n) is 3.61. The maximum atomic E-state index is 13.1. The normalized spacial score (nSPS) is 10.3. The zero-order chi connectivity index (χ0) is 14.0. The Morgan fingerprint density at radius 2 is 2.05 bits per heavy atom. The molecule has 1 amide bonds. The number of nitrogens with one attached hydrogen (secondary N) is 1. The Labute approximate surface area is 111 Å². The standard InChI is InChI=1S/C12H7ClF2N2O2/c13-11-8(3-6(14)5-16-11)12(19)17-7-1-2-10(18)9(15)4-7/h1-5,18H,(H,17,19). The van der Waals surface area contributed by atoms with E-state index in [1.807, 2.05) is 0 Å². The van der Waals surface area contributed by atoms with E-state index in [1.165, 1.54) is 6.07 Å². The number of benzene rings is 1. The molecular formula is C12H7ClF2N2O2. The van der Waals surface area contributed by atoms with E-state index >= 15 is 0 Å². The van der Waals surface area contributed by atoms with Crippen LogP contribution in [0.3, 0.4) is 0 Å². The molecule has 4 nitrogen and oxygen atoms in total. The molecular weight excluding hydrogens is 278 g/mol. The van der Waals surface area contributed by atoms with Crippen LogP contribution in [0, 0.1) is 11.6 Å². The first-order valence-corrected chi connectivity index (χ1v) is 5.46. The molecule has 0 bridgehead atoms. The molecule has 0 atom stereocenters. The average Bonchev–Trinajstić information content (AvgIpc) is 2.36. The number of pyridine rings is 1. The summed E-state index contributed by atoms with van der Waals surface area (Å²) in [4.78, 5) is 15.3. The number of phenols is 1. The number of hydrogen-bond acceptors (Lipinski definition) is 3. The van der Waals surface area contributed by atoms with Gasteiger partial charge in [-0.05, 0) is 18.2 Å². The SMILES string of the molecule is O=C(Nc1ccc(O)c(F)c1)c1cc(F)cnc1Cl. The highest BCUT2D eigenvalue weighted by atomic mass is 35.5. The van der Waals surface area contributed by atoms with Crippen LogP contribution in [0.15, 0.2) is 30.5 Å². The number of aromatic hydroxyl groups is 1. The quantitative estimate of drug-likeness (QED) is 0.658. The van der Waals surface area contributed by atoms with Gasteiger partial charge < -0.3 is 10.4 Å². The third-order valence-corrected chi connectivity index (χ3v) is 2.56. The molecule has 7 heteroatoms. The maximum absolute atomic E-state index is 13.1. The molecule has 0 radical (unpaired) electrons. The number of nitrogens with zero attached hydrogens (tertiary/aromatic N) is 1. The number of hydrogen-bond donors (Lipinski definition) is 2. The highest BCUT2D eigenvalue weighted by Gasteiger charge is 2.13. The van der Waals surface area contributed by atoms with Crippen LogP contribution in [0.5, 0.6) is 5.75 Å². The molecule has 2 aromatic rings. The molecule has 0 aliphatic heterocycles. The van der Waals surface area contributed by atoms with E-state index in [0.29, 0.717) is 0 Å². The molecule has 19 heavy (non-hydrogen) atoms. The molecule has 2 rings (SSSR count). The van der Waals surface area contributed by atoms with Crippen LogP contribution in [0.1, 0.15) is 10.4 Å². The largest absolute Gasteiger partial charge is 0.505 e. The number of carbonyl (C=O) groups excluding carboxylic acids is 1. The summed E-state index contributed by atoms with van der Waals surface area (Å²) in [6.45, 7) is 0. The Hall–Kier alpha value is -2.21. The molecule has 0 fully saturated rings. The summed E-state index contributed by atoms with van der Waals surface area (Å²) in [5.41, 5.74) is -0.0734. The number of phenolic OH excluding ortho intramolecular Hbond substituents is 1. The predicted octanol–water partition coefficient (Wildman–Crippen LogP) is 2.97. The van der Waals surface area contributed by atoms with Crippen LogP contribution in [-0.2, 0) is 0 Å². The van der Waals surface area contributed by atoms with Crippen molar-refractivity contribution >= 4 is 23.2 Å². The first-order chi connectivity index (χ1) is 8.97. The Morgan fingerprint density at radius 1 is 1.32 bits per heavy atom. The van der Waals surface area contributed by atoms with Crippen molar-refractivity contribution in [2.45, 2.75) is 0 Å². The fourth-order valence-electron chi connectivity index (χ4n) is 1.36. The van der Waals surface area contributed by atoms with Gasteiger partial charge in [-0.25, -0.2) is 13.8 Å². The third-order valence-electron chi connectivity index (χ3n) is 2.26. The Kier molecular flexibility index (Phi) is 3.62. The minimum absolute atomic E-state index is 0.0978. The molecule has 2 N–H and O–H groups in total. The monoisotopic (exact) mass is 284 g/mol. The van der Waals surface area contributed by atoms with Crippen LogP contribution >= 0.6 is 11.6 Å². The van der Waals surface area contributed by atoms with Crippen LogP contribution in [0.2, 0.25) is 5.15 Å². The Morgan fingerprint density at radius 3 is 2.74 bits per heavy atom. The highest BCUT2D eigenvalue weighted by molar-refractivity contribution is 6.33. The van der Waals surface area contributed by atoms with E-state index in [2.05, 4.69) is 10.3 Å². The summed E-state index contributed by atoms with van der Waals surface area (Å²) in [7, 11) is 0. The van der Waals surface area contributed by atoms with Gasteiger partial charge in [-0.1, -0.05) is 11.6 Å². The van der Waals surface area contributed by atoms with Gasteiger partial charge in [0.2, 0.25) is 0 Å². The lowest BCUT2D eigenvalue weighted by Gasteiger charge is -2.07. The molecule has 0 aliphatic carbocycles. The number of rotatable bonds is 2. The zero-order valence-electron chi connectivity index (χ0n) is 9.32. The van der Waals surface area contributed by atoms with Gasteiger partial charge in [-0.3, -0.25) is 4.79 Å². The van der Waals surface area contributed by atoms with Crippen LogP contribution < -0.4 is 5.32 Å². The van der Waals surface area contributed by atoms with Crippen molar-refractivity contribution < 1.29 is 18.7 Å². The van der Waals surface area contributed by atoms with Gasteiger partial charge in [0.15, 0.2) is 11.6 Å². The third kappa shape index (κ3) is 2.97. The minimum atomic E-state index is -0.888. The first kappa shape index (κ1) is 13.2. The van der Waals surface area contributed by atoms with Gasteiger partial charge in [0.05, 0.1) is 11.8 Å². The van der Waals surface area contributed by atoms with Crippen molar-refractivity contribution in [1.29, 1.82) is 0 Å². The Balaban J connectivity index is 2.25. The first-order valence-electron chi connectivity index (χ1n) is 5.08. The summed E-state index contributed by atoms with van der Waals surface area (Å²) >= 11 is 5.66. The number of anilines is 1. The summed E-state index contributed by atoms with van der Waals surface area (Å²) in [5.74, 6) is -2.88. The van der Waals surface area contributed by atoms with Gasteiger partial charge >= 0.3 is 0 Å². The number of carbonyl (C=O) groups is 1. The summed E-state index contributed by atoms with van der Waals surface area (Å²) in [6.07, 6.45) is 0.874. The van der Waals surface area contributed by atoms with Gasteiger partial charge in [0, 0.05) is 11.8 Å². The lowest BCUT2D eigenvalue weighted by molar-refractivity contribution is 0.102. The maximum Gasteiger partial charge on any atom is 0.258 e. The lowest BCUT2D eigenvalue weighted by Crippen LogP contribution is -2.13. The zero-order valence-corrected chi connectivity index (χ0v) is 10.1. The number of aromatic nitrogens is 1. The highest BCUT2D eigenvalue weighted by Crippen LogP contribution is 2.21. The van der Waals surface area contributed by atoms with E-state index in [9.17, 15) is 13.6 Å². The van der Waals surface area contributed by atoms with Crippen molar-refractivity contribution in [2.75, 3.05) is 5.32 Å². The van der Waals surface area contributed by atoms with E-state index in [4.69, 9.17) is 16.7 Å². The van der Waals surface area contributed by atoms with Crippen molar-refractivity contribution in [3.05, 3.63) is 52.8 Å². The summed E-state index contributed by atoms with van der Waals surface area (Å²) in [6, 6.07) is 4.21. The van der Waals surface area contributed by atoms with Crippen LogP contribution in [0.25, 0.3) is 0 Å². The minimum Gasteiger partial charge on any atom is -0.505 e. The average molecular weight is 285 g/mol. The molecule has 0 aliphatic rings. The molecule has 98 valence electrons. The van der Waals surface area contributed by atoms with Crippen LogP contribution in [-0.4, -0.2) is 16.0 Å². The van der Waals surface area contributed by atoms with E-state index in [-0.39, 0.29) is 16.4 Å². The Bertz CT molecular complexity index is 650. The van der Waals surface area contributed by atoms with Gasteiger partial charge in [0.25, 0.3) is 5.91 Å². The molecule has 0 saturated carbocycles. The predicted molar refractivity (Wildman–Crippen MR) is 65.2 cm³/mol. The fourth-order valence-corrected chi connectivity index (χ4v) is 1.55. The van der Waals surface area contributed by atoms with E-state index in [0.717, 1.165) is 24.4 Å². The molecule has 0 saturated heterocycles. The van der Waals surface area contributed by atoms with E-state index < -0.39 is 23.3 Å². The van der Waals surface area contributed by atoms with Gasteiger partial charge in [-0.2, -0.15) is 0 Å². The smallest absolute Gasteiger partial charge is 0.258 e. The van der Waals surface area contributed by atoms with Crippen molar-refractivity contribution in [3.63, 3.8) is 0 Å². The summed E-state index contributed by atoms with van der Waals surface area (Å²) in [5, 5.41) is 11.2. The van der Waals surface area contributed by atoms with E-state index in [1.54, 1.807) is 0 Å². The second-order valence-corrected chi connectivity index (χ2v) is 3.97. The molecule has 0 unspecified atom stereocenters.